The molecule has 2 aliphatic rings. The number of anilines is 3. The van der Waals surface area contributed by atoms with Crippen molar-refractivity contribution in [3.8, 4) is 11.5 Å². The van der Waals surface area contributed by atoms with Gasteiger partial charge in [0.1, 0.15) is 5.82 Å². The van der Waals surface area contributed by atoms with E-state index in [2.05, 4.69) is 10.6 Å². The topological polar surface area (TPSA) is 75.2 Å². The third-order valence-electron chi connectivity index (χ3n) is 6.27. The summed E-state index contributed by atoms with van der Waals surface area (Å²) in [6, 6.07) is 28.7. The van der Waals surface area contributed by atoms with E-state index in [9.17, 15) is 9.18 Å². The first-order valence-corrected chi connectivity index (χ1v) is 11.9. The number of para-hydroxylation sites is 1. The van der Waals surface area contributed by atoms with Crippen molar-refractivity contribution in [3.63, 3.8) is 0 Å². The summed E-state index contributed by atoms with van der Waals surface area (Å²) < 4.78 is 24.2. The fourth-order valence-electron chi connectivity index (χ4n) is 4.49. The first-order valence-electron chi connectivity index (χ1n) is 11.9. The second kappa shape index (κ2) is 9.66. The zero-order valence-corrected chi connectivity index (χ0v) is 19.7. The van der Waals surface area contributed by atoms with Gasteiger partial charge in [0.25, 0.3) is 0 Å². The van der Waals surface area contributed by atoms with Gasteiger partial charge in [-0.25, -0.2) is 9.18 Å². The Kier molecular flexibility index (Phi) is 5.90. The third-order valence-corrected chi connectivity index (χ3v) is 6.27. The van der Waals surface area contributed by atoms with Gasteiger partial charge in [0.05, 0.1) is 17.4 Å². The SMILES string of the molecule is O=C(Nc1ccc(F)cc1)Nc1cccc(C2CC(c3ccc4c(c3)OCO4)=NN2c2ccccc2)c1. The van der Waals surface area contributed by atoms with Gasteiger partial charge in [0.2, 0.25) is 6.79 Å². The molecule has 0 bridgehead atoms. The van der Waals surface area contributed by atoms with E-state index < -0.39 is 6.03 Å². The van der Waals surface area contributed by atoms with Crippen molar-refractivity contribution in [2.45, 2.75) is 12.5 Å². The first kappa shape index (κ1) is 22.6. The maximum Gasteiger partial charge on any atom is 0.323 e. The Hall–Kier alpha value is -4.85. The maximum absolute atomic E-state index is 13.2. The summed E-state index contributed by atoms with van der Waals surface area (Å²) in [5.41, 5.74) is 5.02. The molecule has 2 amide bonds. The number of hydrazone groups is 1. The summed E-state index contributed by atoms with van der Waals surface area (Å²) in [4.78, 5) is 12.5. The van der Waals surface area contributed by atoms with Crippen LogP contribution in [-0.2, 0) is 0 Å². The number of halogens is 1. The summed E-state index contributed by atoms with van der Waals surface area (Å²) in [5.74, 6) is 1.09. The molecule has 0 radical (unpaired) electrons. The van der Waals surface area contributed by atoms with E-state index in [1.54, 1.807) is 0 Å². The van der Waals surface area contributed by atoms with E-state index in [-0.39, 0.29) is 18.7 Å². The Morgan fingerprint density at radius 1 is 0.838 bits per heavy atom. The largest absolute Gasteiger partial charge is 0.454 e. The van der Waals surface area contributed by atoms with Gasteiger partial charge in [0.15, 0.2) is 11.5 Å². The zero-order valence-electron chi connectivity index (χ0n) is 19.7. The molecule has 2 heterocycles. The van der Waals surface area contributed by atoms with Crippen molar-refractivity contribution in [2.24, 2.45) is 5.10 Å². The van der Waals surface area contributed by atoms with Gasteiger partial charge in [-0.1, -0.05) is 30.3 Å². The van der Waals surface area contributed by atoms with Gasteiger partial charge in [-0.05, 0) is 72.3 Å². The lowest BCUT2D eigenvalue weighted by Crippen LogP contribution is -2.21. The highest BCUT2D eigenvalue weighted by molar-refractivity contribution is 6.04. The molecule has 0 aliphatic carbocycles. The van der Waals surface area contributed by atoms with Crippen molar-refractivity contribution >= 4 is 28.8 Å². The van der Waals surface area contributed by atoms with Gasteiger partial charge < -0.3 is 20.1 Å². The number of hydrogen-bond donors (Lipinski definition) is 2. The lowest BCUT2D eigenvalue weighted by Gasteiger charge is -2.24. The standard InChI is InChI=1S/C29H23FN4O3/c30-21-10-12-22(13-11-21)31-29(35)32-23-6-4-5-20(15-23)26-17-25(33-34(26)24-7-2-1-3-8-24)19-9-14-27-28(16-19)37-18-36-27/h1-16,26H,17-18H2,(H2,31,32,35). The van der Waals surface area contributed by atoms with Crippen molar-refractivity contribution in [1.29, 1.82) is 0 Å². The van der Waals surface area contributed by atoms with Gasteiger partial charge in [0, 0.05) is 23.4 Å². The molecule has 184 valence electrons. The Morgan fingerprint density at radius 3 is 2.46 bits per heavy atom. The monoisotopic (exact) mass is 494 g/mol. The quantitative estimate of drug-likeness (QED) is 0.330. The van der Waals surface area contributed by atoms with Crippen LogP contribution in [0.2, 0.25) is 0 Å². The Morgan fingerprint density at radius 2 is 1.62 bits per heavy atom. The molecule has 6 rings (SSSR count). The third kappa shape index (κ3) is 4.81. The molecule has 8 heteroatoms. The molecule has 1 unspecified atom stereocenters. The Labute approximate surface area is 213 Å². The highest BCUT2D eigenvalue weighted by Crippen LogP contribution is 2.39. The van der Waals surface area contributed by atoms with Gasteiger partial charge in [-0.15, -0.1) is 0 Å². The van der Waals surface area contributed by atoms with E-state index in [1.807, 2.05) is 77.8 Å². The number of fused-ring (bicyclic) bond motifs is 1. The number of benzene rings is 4. The molecule has 0 saturated carbocycles. The fourth-order valence-corrected chi connectivity index (χ4v) is 4.49. The van der Waals surface area contributed by atoms with E-state index in [1.165, 1.54) is 24.3 Å². The number of carbonyl (C=O) groups excluding carboxylic acids is 1. The second-order valence-electron chi connectivity index (χ2n) is 8.73. The molecule has 2 N–H and O–H groups in total. The van der Waals surface area contributed by atoms with Crippen LogP contribution in [0.1, 0.15) is 23.6 Å². The number of carbonyl (C=O) groups is 1. The number of nitrogens with one attached hydrogen (secondary N) is 2. The predicted molar refractivity (Wildman–Crippen MR) is 141 cm³/mol. The summed E-state index contributed by atoms with van der Waals surface area (Å²) in [5, 5.41) is 12.6. The molecule has 4 aromatic rings. The van der Waals surface area contributed by atoms with E-state index in [0.717, 1.165) is 28.3 Å². The van der Waals surface area contributed by atoms with Crippen molar-refractivity contribution in [3.05, 3.63) is 114 Å². The number of ether oxygens (including phenoxy) is 2. The van der Waals surface area contributed by atoms with Crippen LogP contribution in [0.4, 0.5) is 26.2 Å². The van der Waals surface area contributed by atoms with Crippen molar-refractivity contribution < 1.29 is 18.7 Å². The summed E-state index contributed by atoms with van der Waals surface area (Å²) in [6.45, 7) is 0.221. The van der Waals surface area contributed by atoms with Crippen LogP contribution in [-0.4, -0.2) is 18.5 Å². The molecule has 0 aromatic heterocycles. The van der Waals surface area contributed by atoms with Crippen molar-refractivity contribution in [2.75, 3.05) is 22.4 Å². The number of rotatable bonds is 5. The van der Waals surface area contributed by atoms with E-state index in [4.69, 9.17) is 14.6 Å². The average molecular weight is 495 g/mol. The van der Waals surface area contributed by atoms with E-state index in [0.29, 0.717) is 23.5 Å². The van der Waals surface area contributed by atoms with Crippen LogP contribution >= 0.6 is 0 Å². The minimum atomic E-state index is -0.410. The summed E-state index contributed by atoms with van der Waals surface area (Å²) >= 11 is 0. The molecule has 1 atom stereocenters. The normalized spacial score (nSPS) is 15.9. The van der Waals surface area contributed by atoms with Crippen LogP contribution in [0, 0.1) is 5.82 Å². The highest BCUT2D eigenvalue weighted by Gasteiger charge is 2.31. The number of nitrogens with zero attached hydrogens (tertiary/aromatic N) is 2. The maximum atomic E-state index is 13.2. The fraction of sp³-hybridized carbons (Fsp3) is 0.103. The first-order chi connectivity index (χ1) is 18.1. The number of urea groups is 1. The molecule has 37 heavy (non-hydrogen) atoms. The summed E-state index contributed by atoms with van der Waals surface area (Å²) in [6.07, 6.45) is 0.666. The molecular formula is C29H23FN4O3. The predicted octanol–water partition coefficient (Wildman–Crippen LogP) is 6.55. The number of amides is 2. The molecule has 7 nitrogen and oxygen atoms in total. The van der Waals surface area contributed by atoms with Crippen LogP contribution in [0.15, 0.2) is 102 Å². The van der Waals surface area contributed by atoms with Gasteiger partial charge in [-0.3, -0.25) is 5.01 Å². The van der Waals surface area contributed by atoms with Gasteiger partial charge >= 0.3 is 6.03 Å². The minimum Gasteiger partial charge on any atom is -0.454 e. The second-order valence-corrected chi connectivity index (χ2v) is 8.73. The highest BCUT2D eigenvalue weighted by atomic mass is 19.1. The molecule has 2 aliphatic heterocycles. The molecule has 0 saturated heterocycles. The number of hydrogen-bond acceptors (Lipinski definition) is 5. The smallest absolute Gasteiger partial charge is 0.323 e. The average Bonchev–Trinajstić information content (AvgIpc) is 3.58. The lowest BCUT2D eigenvalue weighted by molar-refractivity contribution is 0.174. The lowest BCUT2D eigenvalue weighted by atomic mass is 9.97. The van der Waals surface area contributed by atoms with Crippen LogP contribution < -0.4 is 25.1 Å². The van der Waals surface area contributed by atoms with E-state index >= 15 is 0 Å². The minimum absolute atomic E-state index is 0.0790. The van der Waals surface area contributed by atoms with Crippen LogP contribution in [0.3, 0.4) is 0 Å². The molecule has 0 fully saturated rings. The molecule has 4 aromatic carbocycles. The Bertz CT molecular complexity index is 1470. The zero-order chi connectivity index (χ0) is 25.2. The molecular weight excluding hydrogens is 471 g/mol. The van der Waals surface area contributed by atoms with Crippen LogP contribution in [0.5, 0.6) is 11.5 Å². The van der Waals surface area contributed by atoms with Gasteiger partial charge in [-0.2, -0.15) is 5.10 Å². The Balaban J connectivity index is 1.25. The van der Waals surface area contributed by atoms with Crippen LogP contribution in [0.25, 0.3) is 0 Å². The molecule has 0 spiro atoms. The van der Waals surface area contributed by atoms with Crippen molar-refractivity contribution in [1.82, 2.24) is 0 Å². The summed E-state index contributed by atoms with van der Waals surface area (Å²) in [7, 11) is 0.